The number of nitrogens with zero attached hydrogens (tertiary/aromatic N) is 4. The maximum absolute atomic E-state index is 12.1. The van der Waals surface area contributed by atoms with Gasteiger partial charge in [0.1, 0.15) is 17.4 Å². The number of aromatic nitrogens is 3. The van der Waals surface area contributed by atoms with Crippen LogP contribution in [-0.2, 0) is 22.6 Å². The van der Waals surface area contributed by atoms with Crippen molar-refractivity contribution in [1.29, 1.82) is 0 Å². The Morgan fingerprint density at radius 2 is 2.33 bits per heavy atom. The van der Waals surface area contributed by atoms with E-state index in [9.17, 15) is 4.79 Å². The van der Waals surface area contributed by atoms with Crippen LogP contribution in [0.15, 0.2) is 22.8 Å². The van der Waals surface area contributed by atoms with Crippen LogP contribution < -0.4 is 5.32 Å². The maximum Gasteiger partial charge on any atom is 0.234 e. The van der Waals surface area contributed by atoms with Crippen LogP contribution in [0.5, 0.6) is 0 Å². The van der Waals surface area contributed by atoms with Crippen LogP contribution in [0, 0.1) is 13.8 Å². The highest BCUT2D eigenvalue weighted by atomic mass is 16.5. The predicted octanol–water partition coefficient (Wildman–Crippen LogP) is 0.505. The van der Waals surface area contributed by atoms with Crippen molar-refractivity contribution in [2.75, 3.05) is 26.2 Å². The van der Waals surface area contributed by atoms with Gasteiger partial charge in [0.15, 0.2) is 0 Å². The molecule has 0 aromatic carbocycles. The quantitative estimate of drug-likeness (QED) is 0.829. The van der Waals surface area contributed by atoms with E-state index in [4.69, 9.17) is 9.15 Å². The van der Waals surface area contributed by atoms with Crippen molar-refractivity contribution in [1.82, 2.24) is 25.0 Å². The lowest BCUT2D eigenvalue weighted by atomic mass is 10.2. The molecule has 0 radical (unpaired) electrons. The monoisotopic (exact) mass is 333 g/mol. The lowest BCUT2D eigenvalue weighted by molar-refractivity contribution is -0.124. The van der Waals surface area contributed by atoms with Crippen LogP contribution in [0.2, 0.25) is 0 Å². The summed E-state index contributed by atoms with van der Waals surface area (Å²) in [6.07, 6.45) is 1.61. The van der Waals surface area contributed by atoms with Crippen LogP contribution in [0.4, 0.5) is 0 Å². The molecule has 0 aliphatic carbocycles. The van der Waals surface area contributed by atoms with Crippen molar-refractivity contribution in [3.05, 3.63) is 35.8 Å². The third-order valence-corrected chi connectivity index (χ3v) is 3.97. The van der Waals surface area contributed by atoms with Gasteiger partial charge in [-0.05, 0) is 26.0 Å². The Hall–Kier alpha value is -2.19. The molecule has 2 aromatic rings. The average molecular weight is 333 g/mol. The minimum Gasteiger partial charge on any atom is -0.467 e. The molecular weight excluding hydrogens is 310 g/mol. The lowest BCUT2D eigenvalue weighted by Crippen LogP contribution is -2.48. The van der Waals surface area contributed by atoms with E-state index in [1.54, 1.807) is 6.26 Å². The van der Waals surface area contributed by atoms with E-state index in [2.05, 4.69) is 20.3 Å². The first-order valence-corrected chi connectivity index (χ1v) is 8.11. The Morgan fingerprint density at radius 3 is 3.04 bits per heavy atom. The zero-order valence-electron chi connectivity index (χ0n) is 14.1. The van der Waals surface area contributed by atoms with Crippen LogP contribution in [-0.4, -0.2) is 57.9 Å². The fourth-order valence-electron chi connectivity index (χ4n) is 2.82. The molecular formula is C16H23N5O3. The number of rotatable bonds is 6. The molecule has 0 saturated carbocycles. The largest absolute Gasteiger partial charge is 0.467 e. The average Bonchev–Trinajstić information content (AvgIpc) is 3.16. The highest BCUT2D eigenvalue weighted by Gasteiger charge is 2.23. The maximum atomic E-state index is 12.1. The number of furan rings is 1. The van der Waals surface area contributed by atoms with Crippen molar-refractivity contribution in [3.63, 3.8) is 0 Å². The first kappa shape index (κ1) is 16.7. The van der Waals surface area contributed by atoms with E-state index in [1.807, 2.05) is 30.7 Å². The standard InChI is InChI=1S/C16H23N5O3/c1-12-18-13(2)21(19-12)10-15-9-20(5-7-24-15)11-16(22)17-8-14-4-3-6-23-14/h3-4,6,15H,5,7-11H2,1-2H3,(H,17,22)/t15-/m1/s1. The molecule has 1 aliphatic rings. The number of aryl methyl sites for hydroxylation is 2. The molecule has 24 heavy (non-hydrogen) atoms. The molecule has 0 bridgehead atoms. The molecule has 1 saturated heterocycles. The number of ether oxygens (including phenoxy) is 1. The second-order valence-corrected chi connectivity index (χ2v) is 5.97. The summed E-state index contributed by atoms with van der Waals surface area (Å²) in [7, 11) is 0. The molecule has 0 spiro atoms. The van der Waals surface area contributed by atoms with Crippen LogP contribution in [0.3, 0.4) is 0 Å². The number of hydrogen-bond acceptors (Lipinski definition) is 6. The third kappa shape index (κ3) is 4.42. The fraction of sp³-hybridized carbons (Fsp3) is 0.562. The normalized spacial score (nSPS) is 18.7. The molecule has 1 atom stereocenters. The topological polar surface area (TPSA) is 85.4 Å². The van der Waals surface area contributed by atoms with E-state index < -0.39 is 0 Å². The van der Waals surface area contributed by atoms with Crippen molar-refractivity contribution < 1.29 is 13.9 Å². The molecule has 1 amide bonds. The summed E-state index contributed by atoms with van der Waals surface area (Å²) < 4.78 is 12.9. The van der Waals surface area contributed by atoms with Gasteiger partial charge in [-0.2, -0.15) is 5.10 Å². The van der Waals surface area contributed by atoms with Gasteiger partial charge >= 0.3 is 0 Å². The Balaban J connectivity index is 1.46. The number of nitrogens with one attached hydrogen (secondary N) is 1. The van der Waals surface area contributed by atoms with Gasteiger partial charge in [-0.1, -0.05) is 0 Å². The van der Waals surface area contributed by atoms with E-state index in [0.29, 0.717) is 32.8 Å². The number of morpholine rings is 1. The minimum atomic E-state index is -0.0140. The molecule has 1 fully saturated rings. The van der Waals surface area contributed by atoms with Crippen molar-refractivity contribution in [2.24, 2.45) is 0 Å². The number of hydrogen-bond donors (Lipinski definition) is 1. The summed E-state index contributed by atoms with van der Waals surface area (Å²) in [5, 5.41) is 7.23. The number of carbonyl (C=O) groups is 1. The van der Waals surface area contributed by atoms with Gasteiger partial charge in [0.05, 0.1) is 38.6 Å². The van der Waals surface area contributed by atoms with Gasteiger partial charge in [0, 0.05) is 13.1 Å². The SMILES string of the molecule is Cc1nc(C)n(C[C@H]2CN(CC(=O)NCc3ccco3)CCO2)n1. The molecule has 8 nitrogen and oxygen atoms in total. The van der Waals surface area contributed by atoms with Crippen LogP contribution in [0.1, 0.15) is 17.4 Å². The molecule has 2 aromatic heterocycles. The molecule has 1 N–H and O–H groups in total. The Kier molecular flexibility index (Phi) is 5.27. The Morgan fingerprint density at radius 1 is 1.46 bits per heavy atom. The van der Waals surface area contributed by atoms with E-state index >= 15 is 0 Å². The number of carbonyl (C=O) groups excluding carboxylic acids is 1. The van der Waals surface area contributed by atoms with E-state index in [1.165, 1.54) is 0 Å². The smallest absolute Gasteiger partial charge is 0.234 e. The zero-order valence-corrected chi connectivity index (χ0v) is 14.1. The third-order valence-electron chi connectivity index (χ3n) is 3.97. The van der Waals surface area contributed by atoms with Gasteiger partial charge < -0.3 is 14.5 Å². The molecule has 3 rings (SSSR count). The van der Waals surface area contributed by atoms with E-state index in [-0.39, 0.29) is 12.0 Å². The van der Waals surface area contributed by atoms with Crippen LogP contribution in [0.25, 0.3) is 0 Å². The van der Waals surface area contributed by atoms with Gasteiger partial charge in [-0.25, -0.2) is 9.67 Å². The highest BCUT2D eigenvalue weighted by Crippen LogP contribution is 2.09. The summed E-state index contributed by atoms with van der Waals surface area (Å²) >= 11 is 0. The minimum absolute atomic E-state index is 0.0106. The van der Waals surface area contributed by atoms with Gasteiger partial charge in [-0.15, -0.1) is 0 Å². The molecule has 0 unspecified atom stereocenters. The summed E-state index contributed by atoms with van der Waals surface area (Å²) in [6.45, 7) is 7.29. The second-order valence-electron chi connectivity index (χ2n) is 5.97. The molecule has 130 valence electrons. The summed E-state index contributed by atoms with van der Waals surface area (Å²) in [5.74, 6) is 2.38. The summed E-state index contributed by atoms with van der Waals surface area (Å²) in [6, 6.07) is 3.65. The summed E-state index contributed by atoms with van der Waals surface area (Å²) in [5.41, 5.74) is 0. The first-order valence-electron chi connectivity index (χ1n) is 8.11. The first-order chi connectivity index (χ1) is 11.6. The zero-order chi connectivity index (χ0) is 16.9. The summed E-state index contributed by atoms with van der Waals surface area (Å²) in [4.78, 5) is 18.5. The highest BCUT2D eigenvalue weighted by molar-refractivity contribution is 5.77. The molecule has 3 heterocycles. The van der Waals surface area contributed by atoms with Gasteiger partial charge in [0.2, 0.25) is 5.91 Å². The molecule has 8 heteroatoms. The van der Waals surface area contributed by atoms with Gasteiger partial charge in [0.25, 0.3) is 0 Å². The van der Waals surface area contributed by atoms with Crippen molar-refractivity contribution in [2.45, 2.75) is 33.0 Å². The van der Waals surface area contributed by atoms with Crippen molar-refractivity contribution in [3.8, 4) is 0 Å². The fourth-order valence-corrected chi connectivity index (χ4v) is 2.82. The molecule has 1 aliphatic heterocycles. The van der Waals surface area contributed by atoms with Crippen molar-refractivity contribution >= 4 is 5.91 Å². The second kappa shape index (κ2) is 7.59. The van der Waals surface area contributed by atoms with Crippen LogP contribution >= 0.6 is 0 Å². The van der Waals surface area contributed by atoms with Gasteiger partial charge in [-0.3, -0.25) is 9.69 Å². The predicted molar refractivity (Wildman–Crippen MR) is 86.2 cm³/mol. The Bertz CT molecular complexity index is 667. The number of amides is 1. The van der Waals surface area contributed by atoms with E-state index in [0.717, 1.165) is 24.0 Å². The Labute approximate surface area is 140 Å². The lowest BCUT2D eigenvalue weighted by Gasteiger charge is -2.32.